The van der Waals surface area contributed by atoms with Crippen LogP contribution in [0.5, 0.6) is 0 Å². The molecule has 12 rings (SSSR count). The van der Waals surface area contributed by atoms with Crippen LogP contribution in [0.2, 0.25) is 0 Å². The lowest BCUT2D eigenvalue weighted by Gasteiger charge is -2.46. The number of hydrogen-bond donors (Lipinski definition) is 0. The molecule has 10 aromatic carbocycles. The Balaban J connectivity index is 0.947. The SMILES string of the molecule is CO[C@@H]1O[C@H](CO[C@@H]2O[C@H](COC(=O)c3ccccc3)[C@@H](OC(=O)c3ccccc3)[C@H](OC(=O)c3ccccc3)[C@H]2OC(=O)c2ccccc2)[C@H](OC(=O)c2ccc(-c3ccccc3)cc2)[C@H](OC(=O)c2ccc(-c3ccccc3)cc2)[C@H]1OC(=O)c1ccc(-c2ccccc2)cc1. The molecule has 492 valence electrons. The standard InChI is InChI=1S/C80H64O18/c1-88-79-70(97-78(87)63-47-41-56(42-48-63)53-27-13-4-14-28-53)68(95-77(86)62-45-39-55(40-46-62)52-25-11-3-12-26-52)67(94-76(85)61-43-37-54(38-44-61)51-23-9-2-10-24-51)65(91-79)50-90-80-71(98-75(84)60-35-21-8-22-36-60)69(96-74(83)59-33-19-7-20-34-59)66(93-73(82)58-31-17-6-18-32-58)64(92-80)49-89-72(81)57-29-15-5-16-30-57/h2-48,64-71,79-80H,49-50H2,1H3/t64-,65-,66-,67+,68+,69+,70-,71-,79-,80-/m1/s1. The Hall–Kier alpha value is -11.7. The van der Waals surface area contributed by atoms with Gasteiger partial charge in [0, 0.05) is 7.11 Å². The lowest BCUT2D eigenvalue weighted by atomic mass is 9.96. The van der Waals surface area contributed by atoms with E-state index in [0.717, 1.165) is 33.4 Å². The van der Waals surface area contributed by atoms with Gasteiger partial charge in [-0.25, -0.2) is 33.6 Å². The highest BCUT2D eigenvalue weighted by molar-refractivity contribution is 5.94. The molecular weight excluding hydrogens is 1250 g/mol. The second-order valence-corrected chi connectivity index (χ2v) is 22.8. The average molecular weight is 1310 g/mol. The molecule has 2 saturated heterocycles. The molecule has 2 aliphatic heterocycles. The van der Waals surface area contributed by atoms with Crippen molar-refractivity contribution in [1.82, 2.24) is 0 Å². The second kappa shape index (κ2) is 31.7. The van der Waals surface area contributed by atoms with Gasteiger partial charge in [0.25, 0.3) is 0 Å². The zero-order valence-electron chi connectivity index (χ0n) is 52.7. The molecule has 0 amide bonds. The number of esters is 7. The van der Waals surface area contributed by atoms with Crippen LogP contribution in [0.1, 0.15) is 72.5 Å². The van der Waals surface area contributed by atoms with Gasteiger partial charge < -0.3 is 52.1 Å². The normalized spacial score (nSPS) is 20.3. The molecule has 2 aliphatic rings. The first kappa shape index (κ1) is 66.4. The van der Waals surface area contributed by atoms with Crippen LogP contribution in [0.25, 0.3) is 33.4 Å². The van der Waals surface area contributed by atoms with Crippen LogP contribution >= 0.6 is 0 Å². The summed E-state index contributed by atoms with van der Waals surface area (Å²) in [5, 5.41) is 0. The van der Waals surface area contributed by atoms with E-state index in [4.69, 9.17) is 52.1 Å². The Bertz CT molecular complexity index is 4320. The molecule has 10 atom stereocenters. The Kier molecular flexibility index (Phi) is 21.5. The fraction of sp³-hybridized carbons (Fsp3) is 0.163. The van der Waals surface area contributed by atoms with Crippen LogP contribution in [-0.4, -0.2) is 124 Å². The van der Waals surface area contributed by atoms with Gasteiger partial charge in [0.2, 0.25) is 0 Å². The van der Waals surface area contributed by atoms with Gasteiger partial charge in [-0.1, -0.05) is 200 Å². The minimum absolute atomic E-state index is 0.0329. The topological polar surface area (TPSA) is 221 Å². The van der Waals surface area contributed by atoms with Gasteiger partial charge >= 0.3 is 41.8 Å². The Morgan fingerprint density at radius 1 is 0.255 bits per heavy atom. The number of benzene rings is 10. The summed E-state index contributed by atoms with van der Waals surface area (Å²) in [6.45, 7) is -1.46. The Morgan fingerprint density at radius 2 is 0.490 bits per heavy atom. The van der Waals surface area contributed by atoms with Crippen molar-refractivity contribution in [1.29, 1.82) is 0 Å². The second-order valence-electron chi connectivity index (χ2n) is 22.8. The summed E-state index contributed by atoms with van der Waals surface area (Å²) in [5.41, 5.74) is 5.46. The van der Waals surface area contributed by atoms with Gasteiger partial charge in [0.15, 0.2) is 49.2 Å². The molecule has 18 nitrogen and oxygen atoms in total. The molecule has 0 bridgehead atoms. The third-order valence-corrected chi connectivity index (χ3v) is 16.4. The van der Waals surface area contributed by atoms with Crippen molar-refractivity contribution >= 4 is 41.8 Å². The maximum atomic E-state index is 15.0. The van der Waals surface area contributed by atoms with E-state index < -0.39 is 116 Å². The number of carbonyl (C=O) groups is 7. The third-order valence-electron chi connectivity index (χ3n) is 16.4. The van der Waals surface area contributed by atoms with Crippen molar-refractivity contribution in [3.05, 3.63) is 324 Å². The fourth-order valence-electron chi connectivity index (χ4n) is 11.3. The summed E-state index contributed by atoms with van der Waals surface area (Å²) < 4.78 is 70.3. The summed E-state index contributed by atoms with van der Waals surface area (Å²) in [6.07, 6.45) is -17.5. The van der Waals surface area contributed by atoms with Crippen molar-refractivity contribution in [2.75, 3.05) is 20.3 Å². The molecule has 98 heavy (non-hydrogen) atoms. The number of methoxy groups -OCH3 is 1. The first-order chi connectivity index (χ1) is 47.9. The first-order valence-electron chi connectivity index (χ1n) is 31.5. The Labute approximate surface area is 564 Å². The first-order valence-corrected chi connectivity index (χ1v) is 31.5. The van der Waals surface area contributed by atoms with Crippen LogP contribution < -0.4 is 0 Å². The van der Waals surface area contributed by atoms with E-state index >= 15 is 0 Å². The van der Waals surface area contributed by atoms with Crippen molar-refractivity contribution in [3.8, 4) is 33.4 Å². The molecular formula is C80H64O18. The summed E-state index contributed by atoms with van der Waals surface area (Å²) in [7, 11) is 1.26. The predicted octanol–water partition coefficient (Wildman–Crippen LogP) is 13.3. The van der Waals surface area contributed by atoms with Crippen molar-refractivity contribution in [2.24, 2.45) is 0 Å². The van der Waals surface area contributed by atoms with Gasteiger partial charge in [-0.15, -0.1) is 0 Å². The summed E-state index contributed by atoms with van der Waals surface area (Å²) in [6, 6.07) is 79.7. The maximum Gasteiger partial charge on any atom is 0.338 e. The summed E-state index contributed by atoms with van der Waals surface area (Å²) in [5.74, 6) is -6.48. The third kappa shape index (κ3) is 16.2. The van der Waals surface area contributed by atoms with Gasteiger partial charge in [-0.05, 0) is 118 Å². The predicted molar refractivity (Wildman–Crippen MR) is 357 cm³/mol. The smallest absolute Gasteiger partial charge is 0.338 e. The molecule has 2 heterocycles. The quantitative estimate of drug-likeness (QED) is 0.0454. The van der Waals surface area contributed by atoms with Gasteiger partial charge in [-0.3, -0.25) is 0 Å². The van der Waals surface area contributed by atoms with Crippen LogP contribution in [0, 0.1) is 0 Å². The number of hydrogen-bond acceptors (Lipinski definition) is 18. The highest BCUT2D eigenvalue weighted by Crippen LogP contribution is 2.36. The van der Waals surface area contributed by atoms with E-state index in [1.807, 2.05) is 91.0 Å². The van der Waals surface area contributed by atoms with Crippen molar-refractivity contribution in [3.63, 3.8) is 0 Å². The van der Waals surface area contributed by atoms with E-state index in [1.165, 1.54) is 55.6 Å². The lowest BCUT2D eigenvalue weighted by Crippen LogP contribution is -2.65. The van der Waals surface area contributed by atoms with Crippen LogP contribution in [-0.2, 0) is 52.1 Å². The van der Waals surface area contributed by atoms with Gasteiger partial charge in [-0.2, -0.15) is 0 Å². The van der Waals surface area contributed by atoms with Crippen LogP contribution in [0.3, 0.4) is 0 Å². The van der Waals surface area contributed by atoms with Crippen molar-refractivity contribution < 1.29 is 85.7 Å². The monoisotopic (exact) mass is 1310 g/mol. The molecule has 0 aromatic heterocycles. The van der Waals surface area contributed by atoms with E-state index in [1.54, 1.807) is 146 Å². The largest absolute Gasteiger partial charge is 0.459 e. The molecule has 0 aliphatic carbocycles. The van der Waals surface area contributed by atoms with E-state index in [0.29, 0.717) is 0 Å². The molecule has 0 N–H and O–H groups in total. The summed E-state index contributed by atoms with van der Waals surface area (Å²) in [4.78, 5) is 102. The molecule has 2 fully saturated rings. The Morgan fingerprint density at radius 3 is 0.806 bits per heavy atom. The zero-order chi connectivity index (χ0) is 67.7. The summed E-state index contributed by atoms with van der Waals surface area (Å²) >= 11 is 0. The maximum absolute atomic E-state index is 15.0. The fourth-order valence-corrected chi connectivity index (χ4v) is 11.3. The van der Waals surface area contributed by atoms with Crippen LogP contribution in [0.4, 0.5) is 0 Å². The molecule has 18 heteroatoms. The minimum Gasteiger partial charge on any atom is -0.459 e. The number of rotatable bonds is 22. The van der Waals surface area contributed by atoms with Gasteiger partial charge in [0.1, 0.15) is 18.8 Å². The van der Waals surface area contributed by atoms with E-state index in [9.17, 15) is 33.6 Å². The van der Waals surface area contributed by atoms with Crippen molar-refractivity contribution in [2.45, 2.75) is 61.4 Å². The lowest BCUT2D eigenvalue weighted by molar-refractivity contribution is -0.325. The molecule has 0 spiro atoms. The van der Waals surface area contributed by atoms with E-state index in [2.05, 4.69) is 0 Å². The number of ether oxygens (including phenoxy) is 11. The van der Waals surface area contributed by atoms with Gasteiger partial charge in [0.05, 0.1) is 45.6 Å². The molecule has 0 radical (unpaired) electrons. The molecule has 10 aromatic rings. The van der Waals surface area contributed by atoms with Crippen LogP contribution in [0.15, 0.2) is 285 Å². The minimum atomic E-state index is -1.91. The molecule has 0 saturated carbocycles. The highest BCUT2D eigenvalue weighted by Gasteiger charge is 2.57. The average Bonchev–Trinajstić information content (AvgIpc) is 0.777. The zero-order valence-corrected chi connectivity index (χ0v) is 52.7. The highest BCUT2D eigenvalue weighted by atomic mass is 16.8. The number of carbonyl (C=O) groups excluding carboxylic acids is 7. The molecule has 0 unspecified atom stereocenters. The van der Waals surface area contributed by atoms with E-state index in [-0.39, 0.29) is 38.9 Å².